The number of urea groups is 1. The molecule has 3 rings (SSSR count). The second kappa shape index (κ2) is 8.90. The van der Waals surface area contributed by atoms with E-state index in [2.05, 4.69) is 15.6 Å². The molecule has 0 saturated heterocycles. The number of fused-ring (bicyclic) bond motifs is 1. The highest BCUT2D eigenvalue weighted by atomic mass is 19.1. The van der Waals surface area contributed by atoms with Gasteiger partial charge in [0.25, 0.3) is 0 Å². The van der Waals surface area contributed by atoms with Gasteiger partial charge >= 0.3 is 12.0 Å². The van der Waals surface area contributed by atoms with E-state index in [-0.39, 0.29) is 25.3 Å². The maximum absolute atomic E-state index is 13.4. The second-order valence-corrected chi connectivity index (χ2v) is 6.13. The standard InChI is InChI=1S/C20H20FN3O4/c21-15-6-2-4-8-18(15)28-10-9-22-20(27)24-17(19(25)26)11-13-12-23-16-7-3-1-5-14(13)16/h1-8,12,17,23H,9-11H2,(H,25,26)(H2,22,24,27)/t17-/m0/s1. The zero-order valence-electron chi connectivity index (χ0n) is 14.9. The van der Waals surface area contributed by atoms with Crippen molar-refractivity contribution in [1.82, 2.24) is 15.6 Å². The van der Waals surface area contributed by atoms with Gasteiger partial charge in [-0.1, -0.05) is 30.3 Å². The van der Waals surface area contributed by atoms with E-state index in [1.807, 2.05) is 24.3 Å². The van der Waals surface area contributed by atoms with Crippen LogP contribution in [0, 0.1) is 5.82 Å². The van der Waals surface area contributed by atoms with Crippen LogP contribution in [-0.4, -0.2) is 41.3 Å². The number of carbonyl (C=O) groups excluding carboxylic acids is 1. The highest BCUT2D eigenvalue weighted by Gasteiger charge is 2.21. The lowest BCUT2D eigenvalue weighted by Crippen LogP contribution is -2.47. The molecule has 1 atom stereocenters. The van der Waals surface area contributed by atoms with Crippen molar-refractivity contribution >= 4 is 22.9 Å². The maximum atomic E-state index is 13.4. The molecule has 2 amide bonds. The van der Waals surface area contributed by atoms with Crippen LogP contribution in [-0.2, 0) is 11.2 Å². The summed E-state index contributed by atoms with van der Waals surface area (Å²) in [6.07, 6.45) is 1.88. The monoisotopic (exact) mass is 385 g/mol. The largest absolute Gasteiger partial charge is 0.489 e. The Kier molecular flexibility index (Phi) is 6.11. The molecule has 4 N–H and O–H groups in total. The Hall–Kier alpha value is -3.55. The van der Waals surface area contributed by atoms with E-state index >= 15 is 0 Å². The normalized spacial score (nSPS) is 11.8. The number of hydrogen-bond acceptors (Lipinski definition) is 3. The van der Waals surface area contributed by atoms with Gasteiger partial charge in [0.15, 0.2) is 11.6 Å². The lowest BCUT2D eigenvalue weighted by Gasteiger charge is -2.15. The first kappa shape index (κ1) is 19.2. The Morgan fingerprint density at radius 2 is 1.89 bits per heavy atom. The number of para-hydroxylation sites is 2. The number of aromatic nitrogens is 1. The summed E-state index contributed by atoms with van der Waals surface area (Å²) in [6.45, 7) is 0.147. The average Bonchev–Trinajstić information content (AvgIpc) is 3.09. The molecule has 0 saturated carbocycles. The molecule has 0 unspecified atom stereocenters. The number of carboxylic acids is 1. The van der Waals surface area contributed by atoms with Crippen LogP contribution in [0.15, 0.2) is 54.7 Å². The van der Waals surface area contributed by atoms with Crippen LogP contribution in [0.1, 0.15) is 5.56 Å². The Balaban J connectivity index is 1.50. The summed E-state index contributed by atoms with van der Waals surface area (Å²) in [7, 11) is 0. The summed E-state index contributed by atoms with van der Waals surface area (Å²) < 4.78 is 18.7. The van der Waals surface area contributed by atoms with Crippen molar-refractivity contribution < 1.29 is 23.8 Å². The fourth-order valence-electron chi connectivity index (χ4n) is 2.82. The fourth-order valence-corrected chi connectivity index (χ4v) is 2.82. The SMILES string of the molecule is O=C(NCCOc1ccccc1F)N[C@@H](Cc1c[nH]c2ccccc12)C(=O)O. The van der Waals surface area contributed by atoms with Gasteiger partial charge in [0.2, 0.25) is 0 Å². The molecule has 7 nitrogen and oxygen atoms in total. The van der Waals surface area contributed by atoms with E-state index in [1.54, 1.807) is 18.3 Å². The molecule has 0 fully saturated rings. The summed E-state index contributed by atoms with van der Waals surface area (Å²) in [5, 5.41) is 15.3. The topological polar surface area (TPSA) is 103 Å². The molecule has 0 radical (unpaired) electrons. The number of ether oxygens (including phenoxy) is 1. The van der Waals surface area contributed by atoms with Crippen LogP contribution in [0.4, 0.5) is 9.18 Å². The summed E-state index contributed by atoms with van der Waals surface area (Å²) in [4.78, 5) is 26.6. The van der Waals surface area contributed by atoms with Crippen molar-refractivity contribution in [3.05, 3.63) is 66.1 Å². The van der Waals surface area contributed by atoms with Crippen molar-refractivity contribution in [1.29, 1.82) is 0 Å². The van der Waals surface area contributed by atoms with Crippen LogP contribution in [0.2, 0.25) is 0 Å². The van der Waals surface area contributed by atoms with E-state index in [1.165, 1.54) is 12.1 Å². The number of benzene rings is 2. The molecule has 0 bridgehead atoms. The van der Waals surface area contributed by atoms with Crippen LogP contribution in [0.5, 0.6) is 5.75 Å². The Morgan fingerprint density at radius 1 is 1.14 bits per heavy atom. The molecule has 8 heteroatoms. The molecule has 0 aliphatic rings. The van der Waals surface area contributed by atoms with E-state index in [4.69, 9.17) is 4.74 Å². The van der Waals surface area contributed by atoms with Crippen molar-refractivity contribution in [3.8, 4) is 5.75 Å². The Bertz CT molecular complexity index is 973. The first-order valence-corrected chi connectivity index (χ1v) is 8.74. The van der Waals surface area contributed by atoms with Crippen molar-refractivity contribution in [3.63, 3.8) is 0 Å². The van der Waals surface area contributed by atoms with Gasteiger partial charge in [-0.25, -0.2) is 14.0 Å². The Labute approximate surface area is 160 Å². The number of H-pyrrole nitrogens is 1. The number of hydrogen-bond donors (Lipinski definition) is 4. The molecule has 1 heterocycles. The number of carboxylic acid groups (broad SMARTS) is 1. The quantitative estimate of drug-likeness (QED) is 0.448. The second-order valence-electron chi connectivity index (χ2n) is 6.13. The molecule has 0 spiro atoms. The van der Waals surface area contributed by atoms with Crippen LogP contribution in [0.3, 0.4) is 0 Å². The summed E-state index contributed by atoms with van der Waals surface area (Å²) in [5.41, 5.74) is 1.70. The molecule has 146 valence electrons. The van der Waals surface area contributed by atoms with Crippen LogP contribution < -0.4 is 15.4 Å². The zero-order chi connectivity index (χ0) is 19.9. The lowest BCUT2D eigenvalue weighted by atomic mass is 10.1. The summed E-state index contributed by atoms with van der Waals surface area (Å²) in [5.74, 6) is -1.54. The molecular formula is C20H20FN3O4. The number of amides is 2. The molecule has 0 aliphatic heterocycles. The van der Waals surface area contributed by atoms with Crippen LogP contribution in [0.25, 0.3) is 10.9 Å². The average molecular weight is 385 g/mol. The van der Waals surface area contributed by atoms with Gasteiger partial charge in [-0.2, -0.15) is 0 Å². The highest BCUT2D eigenvalue weighted by molar-refractivity contribution is 5.86. The number of rotatable bonds is 8. The number of aromatic amines is 1. The third-order valence-electron chi connectivity index (χ3n) is 4.18. The number of aliphatic carboxylic acids is 1. The predicted molar refractivity (Wildman–Crippen MR) is 102 cm³/mol. The third-order valence-corrected chi connectivity index (χ3v) is 4.18. The van der Waals surface area contributed by atoms with E-state index in [9.17, 15) is 19.1 Å². The molecule has 0 aliphatic carbocycles. The van der Waals surface area contributed by atoms with Gasteiger partial charge in [0.1, 0.15) is 12.6 Å². The summed E-state index contributed by atoms with van der Waals surface area (Å²) >= 11 is 0. The van der Waals surface area contributed by atoms with E-state index < -0.39 is 23.9 Å². The van der Waals surface area contributed by atoms with E-state index in [0.29, 0.717) is 0 Å². The maximum Gasteiger partial charge on any atom is 0.326 e. The fraction of sp³-hybridized carbons (Fsp3) is 0.200. The van der Waals surface area contributed by atoms with Gasteiger partial charge in [0.05, 0.1) is 6.54 Å². The predicted octanol–water partition coefficient (Wildman–Crippen LogP) is 2.68. The summed E-state index contributed by atoms with van der Waals surface area (Å²) in [6, 6.07) is 11.8. The van der Waals surface area contributed by atoms with Gasteiger partial charge in [-0.05, 0) is 23.8 Å². The van der Waals surface area contributed by atoms with Crippen molar-refractivity contribution in [2.24, 2.45) is 0 Å². The van der Waals surface area contributed by atoms with Gasteiger partial charge in [-0.15, -0.1) is 0 Å². The smallest absolute Gasteiger partial charge is 0.326 e. The first-order valence-electron chi connectivity index (χ1n) is 8.74. The molecule has 3 aromatic rings. The van der Waals surface area contributed by atoms with Crippen molar-refractivity contribution in [2.75, 3.05) is 13.2 Å². The van der Waals surface area contributed by atoms with Crippen LogP contribution >= 0.6 is 0 Å². The van der Waals surface area contributed by atoms with Gasteiger partial charge < -0.3 is 25.5 Å². The highest BCUT2D eigenvalue weighted by Crippen LogP contribution is 2.19. The molecule has 1 aromatic heterocycles. The molecular weight excluding hydrogens is 365 g/mol. The van der Waals surface area contributed by atoms with E-state index in [0.717, 1.165) is 16.5 Å². The Morgan fingerprint density at radius 3 is 2.68 bits per heavy atom. The van der Waals surface area contributed by atoms with Gasteiger partial charge in [0, 0.05) is 23.5 Å². The minimum absolute atomic E-state index is 0.0501. The number of carbonyl (C=O) groups is 2. The third kappa shape index (κ3) is 4.79. The van der Waals surface area contributed by atoms with Crippen molar-refractivity contribution in [2.45, 2.75) is 12.5 Å². The minimum atomic E-state index is -1.14. The zero-order valence-corrected chi connectivity index (χ0v) is 14.9. The lowest BCUT2D eigenvalue weighted by molar-refractivity contribution is -0.139. The number of halogens is 1. The minimum Gasteiger partial charge on any atom is -0.489 e. The molecule has 28 heavy (non-hydrogen) atoms. The van der Waals surface area contributed by atoms with Gasteiger partial charge in [-0.3, -0.25) is 0 Å². The first-order chi connectivity index (χ1) is 13.5. The molecule has 2 aromatic carbocycles. The number of nitrogens with one attached hydrogen (secondary N) is 3.